The van der Waals surface area contributed by atoms with Crippen molar-refractivity contribution in [3.8, 4) is 0 Å². The highest BCUT2D eigenvalue weighted by Gasteiger charge is 2.28. The van der Waals surface area contributed by atoms with Gasteiger partial charge in [-0.3, -0.25) is 4.79 Å². The van der Waals surface area contributed by atoms with Crippen LogP contribution in [0.1, 0.15) is 36.4 Å². The monoisotopic (exact) mass is 407 g/mol. The first-order valence-electron chi connectivity index (χ1n) is 9.18. The number of fused-ring (bicyclic) bond motifs is 1. The maximum atomic E-state index is 12.6. The molecule has 1 amide bonds. The van der Waals surface area contributed by atoms with E-state index in [1.165, 1.54) is 6.07 Å². The summed E-state index contributed by atoms with van der Waals surface area (Å²) >= 11 is 0. The van der Waals surface area contributed by atoms with E-state index in [2.05, 4.69) is 9.88 Å². The number of nitrogens with zero attached hydrogens (tertiary/aromatic N) is 2. The van der Waals surface area contributed by atoms with Crippen LogP contribution in [0.25, 0.3) is 0 Å². The molecule has 152 valence electrons. The molecular formula is C19H25N3O5S. The molecule has 0 aliphatic carbocycles. The first kappa shape index (κ1) is 20.5. The Morgan fingerprint density at radius 3 is 2.71 bits per heavy atom. The van der Waals surface area contributed by atoms with Gasteiger partial charge in [0, 0.05) is 19.2 Å². The largest absolute Gasteiger partial charge is 0.383 e. The molecule has 0 fully saturated rings. The summed E-state index contributed by atoms with van der Waals surface area (Å²) in [6, 6.07) is 6.58. The molecule has 0 saturated heterocycles. The van der Waals surface area contributed by atoms with Gasteiger partial charge in [0.1, 0.15) is 11.9 Å². The van der Waals surface area contributed by atoms with Crippen LogP contribution < -0.4 is 4.72 Å². The fourth-order valence-electron chi connectivity index (χ4n) is 3.11. The minimum absolute atomic E-state index is 0.0477. The second-order valence-corrected chi connectivity index (χ2v) is 9.15. The molecule has 28 heavy (non-hydrogen) atoms. The van der Waals surface area contributed by atoms with E-state index in [0.717, 1.165) is 11.1 Å². The Hall–Kier alpha value is -2.23. The van der Waals surface area contributed by atoms with E-state index in [0.29, 0.717) is 31.0 Å². The second-order valence-electron chi connectivity index (χ2n) is 7.38. The molecule has 0 radical (unpaired) electrons. The van der Waals surface area contributed by atoms with E-state index in [9.17, 15) is 18.3 Å². The Labute approximate surface area is 164 Å². The van der Waals surface area contributed by atoms with Gasteiger partial charge < -0.3 is 14.5 Å². The minimum Gasteiger partial charge on any atom is -0.383 e. The number of aromatic nitrogens is 1. The summed E-state index contributed by atoms with van der Waals surface area (Å²) in [5, 5.41) is 13.8. The van der Waals surface area contributed by atoms with Crippen LogP contribution in [0.3, 0.4) is 0 Å². The Kier molecular flexibility index (Phi) is 5.87. The highest BCUT2D eigenvalue weighted by molar-refractivity contribution is 7.89. The number of carbonyl (C=O) groups excluding carboxylic acids is 1. The lowest BCUT2D eigenvalue weighted by Gasteiger charge is -2.31. The van der Waals surface area contributed by atoms with E-state index in [1.807, 2.05) is 0 Å². The Balaban J connectivity index is 1.71. The van der Waals surface area contributed by atoms with Gasteiger partial charge in [0.05, 0.1) is 17.1 Å². The number of benzene rings is 1. The zero-order valence-corrected chi connectivity index (χ0v) is 17.0. The van der Waals surface area contributed by atoms with Gasteiger partial charge in [0.15, 0.2) is 0 Å². The Bertz CT molecular complexity index is 968. The van der Waals surface area contributed by atoms with Gasteiger partial charge in [-0.05, 0) is 42.5 Å². The maximum Gasteiger partial charge on any atom is 0.251 e. The number of nitrogens with one attached hydrogen (secondary N) is 1. The summed E-state index contributed by atoms with van der Waals surface area (Å²) in [6.07, 6.45) is -0.483. The summed E-state index contributed by atoms with van der Waals surface area (Å²) in [5.41, 5.74) is 2.29. The third kappa shape index (κ3) is 4.43. The lowest BCUT2D eigenvalue weighted by molar-refractivity contribution is -0.143. The summed E-state index contributed by atoms with van der Waals surface area (Å²) in [6.45, 7) is 6.19. The predicted molar refractivity (Wildman–Crippen MR) is 102 cm³/mol. The summed E-state index contributed by atoms with van der Waals surface area (Å²) < 4.78 is 32.6. The molecule has 1 aliphatic rings. The molecule has 3 rings (SSSR count). The zero-order valence-electron chi connectivity index (χ0n) is 16.2. The molecule has 2 N–H and O–H groups in total. The smallest absolute Gasteiger partial charge is 0.251 e. The third-order valence-corrected chi connectivity index (χ3v) is 6.22. The Morgan fingerprint density at radius 1 is 1.32 bits per heavy atom. The number of aliphatic hydroxyl groups excluding tert-OH is 1. The molecule has 9 heteroatoms. The van der Waals surface area contributed by atoms with Crippen molar-refractivity contribution in [1.82, 2.24) is 14.8 Å². The van der Waals surface area contributed by atoms with Crippen LogP contribution >= 0.6 is 0 Å². The number of aliphatic hydroxyl groups is 1. The van der Waals surface area contributed by atoms with Crippen LogP contribution in [-0.2, 0) is 34.3 Å². The summed E-state index contributed by atoms with van der Waals surface area (Å²) in [4.78, 5) is 14.1. The van der Waals surface area contributed by atoms with Crippen molar-refractivity contribution in [2.75, 3.05) is 6.54 Å². The number of hydrogen-bond donors (Lipinski definition) is 2. The number of aryl methyl sites for hydroxylation is 1. The number of amides is 1. The van der Waals surface area contributed by atoms with Gasteiger partial charge in [0.25, 0.3) is 5.91 Å². The van der Waals surface area contributed by atoms with Crippen molar-refractivity contribution in [3.05, 3.63) is 46.8 Å². The van der Waals surface area contributed by atoms with Gasteiger partial charge >= 0.3 is 0 Å². The van der Waals surface area contributed by atoms with E-state index in [1.54, 1.807) is 43.9 Å². The topological polar surface area (TPSA) is 113 Å². The van der Waals surface area contributed by atoms with Crippen molar-refractivity contribution in [3.63, 3.8) is 0 Å². The van der Waals surface area contributed by atoms with Gasteiger partial charge in [-0.15, -0.1) is 0 Å². The van der Waals surface area contributed by atoms with Gasteiger partial charge in [-0.25, -0.2) is 13.1 Å². The van der Waals surface area contributed by atoms with Crippen LogP contribution in [-0.4, -0.2) is 42.1 Å². The lowest BCUT2D eigenvalue weighted by atomic mass is 9.98. The average molecular weight is 407 g/mol. The van der Waals surface area contributed by atoms with E-state index < -0.39 is 16.1 Å². The van der Waals surface area contributed by atoms with Gasteiger partial charge in [-0.2, -0.15) is 0 Å². The summed E-state index contributed by atoms with van der Waals surface area (Å²) in [5.74, 6) is 0.174. The predicted octanol–water partition coefficient (Wildman–Crippen LogP) is 1.36. The normalized spacial score (nSPS) is 15.5. The van der Waals surface area contributed by atoms with Crippen molar-refractivity contribution in [2.45, 2.75) is 51.3 Å². The number of hydrogen-bond acceptors (Lipinski definition) is 6. The molecule has 1 aromatic heterocycles. The fourth-order valence-corrected chi connectivity index (χ4v) is 4.16. The fraction of sp³-hybridized carbons (Fsp3) is 0.474. The molecule has 2 aromatic rings. The lowest BCUT2D eigenvalue weighted by Crippen LogP contribution is -2.44. The molecule has 0 saturated carbocycles. The van der Waals surface area contributed by atoms with Crippen LogP contribution in [0.4, 0.5) is 0 Å². The van der Waals surface area contributed by atoms with Crippen LogP contribution in [0.2, 0.25) is 0 Å². The number of carbonyl (C=O) groups is 1. The molecule has 0 unspecified atom stereocenters. The van der Waals surface area contributed by atoms with Crippen molar-refractivity contribution >= 4 is 15.9 Å². The molecule has 0 bridgehead atoms. The number of sulfonamides is 1. The highest BCUT2D eigenvalue weighted by atomic mass is 32.2. The maximum absolute atomic E-state index is 12.6. The molecular weight excluding hydrogens is 382 g/mol. The van der Waals surface area contributed by atoms with E-state index in [-0.39, 0.29) is 23.3 Å². The second kappa shape index (κ2) is 8.02. The van der Waals surface area contributed by atoms with Gasteiger partial charge in [0.2, 0.25) is 10.0 Å². The SMILES string of the molecule is Cc1cc(CNS(=O)(=O)c2ccc3c(c2)CCN(C(=O)[C@@H](O)C(C)C)C3)no1. The van der Waals surface area contributed by atoms with E-state index in [4.69, 9.17) is 4.52 Å². The third-order valence-electron chi connectivity index (χ3n) is 4.82. The summed E-state index contributed by atoms with van der Waals surface area (Å²) in [7, 11) is -3.69. The van der Waals surface area contributed by atoms with E-state index >= 15 is 0 Å². The molecule has 0 spiro atoms. The van der Waals surface area contributed by atoms with Crippen LogP contribution in [0.15, 0.2) is 33.7 Å². The van der Waals surface area contributed by atoms with Crippen LogP contribution in [0, 0.1) is 12.8 Å². The van der Waals surface area contributed by atoms with Crippen molar-refractivity contribution in [2.24, 2.45) is 5.92 Å². The molecule has 1 atom stereocenters. The molecule has 1 aliphatic heterocycles. The number of rotatable bonds is 6. The average Bonchev–Trinajstić information content (AvgIpc) is 3.09. The first-order valence-corrected chi connectivity index (χ1v) is 10.7. The molecule has 8 nitrogen and oxygen atoms in total. The van der Waals surface area contributed by atoms with Crippen molar-refractivity contribution in [1.29, 1.82) is 0 Å². The minimum atomic E-state index is -3.69. The van der Waals surface area contributed by atoms with Crippen LogP contribution in [0.5, 0.6) is 0 Å². The quantitative estimate of drug-likeness (QED) is 0.748. The highest BCUT2D eigenvalue weighted by Crippen LogP contribution is 2.24. The standard InChI is InChI=1S/C19H25N3O5S/c1-12(2)18(23)19(24)22-7-6-14-9-17(5-4-15(14)11-22)28(25,26)20-10-16-8-13(3)27-21-16/h4-5,8-9,12,18,20,23H,6-7,10-11H2,1-3H3/t18-/m0/s1. The first-order chi connectivity index (χ1) is 13.2. The zero-order chi connectivity index (χ0) is 20.5. The molecule has 1 aromatic carbocycles. The van der Waals surface area contributed by atoms with Crippen molar-refractivity contribution < 1.29 is 22.8 Å². The Morgan fingerprint density at radius 2 is 2.07 bits per heavy atom. The van der Waals surface area contributed by atoms with Gasteiger partial charge in [-0.1, -0.05) is 25.1 Å². The molecule has 2 heterocycles.